The summed E-state index contributed by atoms with van der Waals surface area (Å²) >= 11 is 0. The van der Waals surface area contributed by atoms with Crippen molar-refractivity contribution in [2.75, 3.05) is 44.8 Å². The number of non-ortho nitro benzene ring substituents is 1. The standard InChI is InChI=1S/C13H17N3O4/c1-14(11-2-4-12(5-3-11)16(18)19)13(17)10-15-6-8-20-9-7-15/h2-5H,6-10H2,1H3. The van der Waals surface area contributed by atoms with Gasteiger partial charge in [-0.25, -0.2) is 0 Å². The summed E-state index contributed by atoms with van der Waals surface area (Å²) in [6.07, 6.45) is 0. The van der Waals surface area contributed by atoms with Gasteiger partial charge in [-0.05, 0) is 12.1 Å². The van der Waals surface area contributed by atoms with Crippen LogP contribution in [-0.4, -0.2) is 55.6 Å². The lowest BCUT2D eigenvalue weighted by molar-refractivity contribution is -0.384. The fourth-order valence-electron chi connectivity index (χ4n) is 2.00. The Morgan fingerprint density at radius 1 is 1.35 bits per heavy atom. The molecule has 0 saturated carbocycles. The molecule has 0 radical (unpaired) electrons. The van der Waals surface area contributed by atoms with E-state index < -0.39 is 4.92 Å². The topological polar surface area (TPSA) is 75.9 Å². The van der Waals surface area contributed by atoms with Crippen molar-refractivity contribution in [1.29, 1.82) is 0 Å². The summed E-state index contributed by atoms with van der Waals surface area (Å²) in [5, 5.41) is 10.6. The van der Waals surface area contributed by atoms with Gasteiger partial charge < -0.3 is 9.64 Å². The molecule has 0 aliphatic carbocycles. The van der Waals surface area contributed by atoms with Crippen molar-refractivity contribution in [3.8, 4) is 0 Å². The number of nitro groups is 1. The van der Waals surface area contributed by atoms with Crippen LogP contribution in [0, 0.1) is 10.1 Å². The number of anilines is 1. The van der Waals surface area contributed by atoms with E-state index in [4.69, 9.17) is 4.74 Å². The van der Waals surface area contributed by atoms with Crippen molar-refractivity contribution in [3.63, 3.8) is 0 Å². The smallest absolute Gasteiger partial charge is 0.269 e. The Morgan fingerprint density at radius 3 is 2.50 bits per heavy atom. The second-order valence-corrected chi connectivity index (χ2v) is 4.61. The molecule has 0 aromatic heterocycles. The van der Waals surface area contributed by atoms with E-state index in [9.17, 15) is 14.9 Å². The van der Waals surface area contributed by atoms with Crippen molar-refractivity contribution in [1.82, 2.24) is 4.90 Å². The Morgan fingerprint density at radius 2 is 1.95 bits per heavy atom. The number of rotatable bonds is 4. The van der Waals surface area contributed by atoms with Crippen LogP contribution in [0.25, 0.3) is 0 Å². The highest BCUT2D eigenvalue weighted by atomic mass is 16.6. The number of hydrogen-bond acceptors (Lipinski definition) is 5. The number of amides is 1. The zero-order valence-electron chi connectivity index (χ0n) is 11.3. The lowest BCUT2D eigenvalue weighted by Crippen LogP contribution is -2.43. The van der Waals surface area contributed by atoms with E-state index in [0.717, 1.165) is 13.1 Å². The van der Waals surface area contributed by atoms with E-state index in [1.54, 1.807) is 19.2 Å². The maximum absolute atomic E-state index is 12.1. The first-order valence-electron chi connectivity index (χ1n) is 6.39. The molecule has 1 saturated heterocycles. The molecule has 0 unspecified atom stereocenters. The van der Waals surface area contributed by atoms with Crippen LogP contribution in [0.2, 0.25) is 0 Å². The van der Waals surface area contributed by atoms with Gasteiger partial charge in [-0.1, -0.05) is 0 Å². The molecular formula is C13H17N3O4. The molecule has 1 aromatic rings. The first-order valence-corrected chi connectivity index (χ1v) is 6.39. The Kier molecular flexibility index (Phi) is 4.65. The lowest BCUT2D eigenvalue weighted by atomic mass is 10.2. The Labute approximate surface area is 116 Å². The Hall–Kier alpha value is -1.99. The molecule has 1 aliphatic heterocycles. The predicted molar refractivity (Wildman–Crippen MR) is 73.8 cm³/mol. The molecule has 1 fully saturated rings. The molecule has 0 spiro atoms. The molecular weight excluding hydrogens is 262 g/mol. The van der Waals surface area contributed by atoms with Gasteiger partial charge in [0.15, 0.2) is 0 Å². The highest BCUT2D eigenvalue weighted by molar-refractivity contribution is 5.94. The van der Waals surface area contributed by atoms with Crippen LogP contribution in [0.5, 0.6) is 0 Å². The number of hydrogen-bond donors (Lipinski definition) is 0. The molecule has 2 rings (SSSR count). The van der Waals surface area contributed by atoms with E-state index in [1.807, 2.05) is 4.90 Å². The zero-order chi connectivity index (χ0) is 14.5. The summed E-state index contributed by atoms with van der Waals surface area (Å²) in [6.45, 7) is 3.12. The number of nitro benzene ring substituents is 1. The van der Waals surface area contributed by atoms with Crippen LogP contribution < -0.4 is 4.90 Å². The molecule has 1 amide bonds. The van der Waals surface area contributed by atoms with E-state index in [-0.39, 0.29) is 11.6 Å². The zero-order valence-corrected chi connectivity index (χ0v) is 11.3. The monoisotopic (exact) mass is 279 g/mol. The average molecular weight is 279 g/mol. The first-order chi connectivity index (χ1) is 9.58. The van der Waals surface area contributed by atoms with Crippen molar-refractivity contribution in [2.24, 2.45) is 0 Å². The second-order valence-electron chi connectivity index (χ2n) is 4.61. The van der Waals surface area contributed by atoms with E-state index in [0.29, 0.717) is 25.4 Å². The third kappa shape index (κ3) is 3.52. The van der Waals surface area contributed by atoms with Crippen LogP contribution in [0.4, 0.5) is 11.4 Å². The summed E-state index contributed by atoms with van der Waals surface area (Å²) in [7, 11) is 1.67. The number of morpholine rings is 1. The summed E-state index contributed by atoms with van der Waals surface area (Å²) in [5.74, 6) is -0.0410. The van der Waals surface area contributed by atoms with Crippen molar-refractivity contribution in [3.05, 3.63) is 34.4 Å². The Balaban J connectivity index is 1.96. The molecule has 1 heterocycles. The fourth-order valence-corrected chi connectivity index (χ4v) is 2.00. The Bertz CT molecular complexity index is 483. The minimum Gasteiger partial charge on any atom is -0.379 e. The molecule has 1 aliphatic rings. The van der Waals surface area contributed by atoms with Crippen LogP contribution in [0.1, 0.15) is 0 Å². The second kappa shape index (κ2) is 6.44. The summed E-state index contributed by atoms with van der Waals surface area (Å²) in [6, 6.07) is 5.95. The minimum absolute atomic E-state index is 0.0165. The molecule has 1 aromatic carbocycles. The van der Waals surface area contributed by atoms with Crippen LogP contribution in [0.3, 0.4) is 0 Å². The van der Waals surface area contributed by atoms with Crippen molar-refractivity contribution in [2.45, 2.75) is 0 Å². The molecule has 7 heteroatoms. The van der Waals surface area contributed by atoms with Gasteiger partial charge in [0.2, 0.25) is 5.91 Å². The number of nitrogens with zero attached hydrogens (tertiary/aromatic N) is 3. The summed E-state index contributed by atoms with van der Waals surface area (Å²) in [5.41, 5.74) is 0.664. The SMILES string of the molecule is CN(C(=O)CN1CCOCC1)c1ccc([N+](=O)[O-])cc1. The first kappa shape index (κ1) is 14.4. The highest BCUT2D eigenvalue weighted by Crippen LogP contribution is 2.18. The third-order valence-corrected chi connectivity index (χ3v) is 3.28. The number of likely N-dealkylation sites (N-methyl/N-ethyl adjacent to an activating group) is 1. The number of ether oxygens (including phenoxy) is 1. The van der Waals surface area contributed by atoms with Gasteiger partial charge in [-0.15, -0.1) is 0 Å². The number of benzene rings is 1. The van der Waals surface area contributed by atoms with E-state index in [2.05, 4.69) is 0 Å². The fraction of sp³-hybridized carbons (Fsp3) is 0.462. The van der Waals surface area contributed by atoms with Gasteiger partial charge in [0, 0.05) is 38.0 Å². The number of carbonyl (C=O) groups excluding carboxylic acids is 1. The van der Waals surface area contributed by atoms with Crippen molar-refractivity contribution >= 4 is 17.3 Å². The van der Waals surface area contributed by atoms with Gasteiger partial charge in [-0.2, -0.15) is 0 Å². The molecule has 0 atom stereocenters. The van der Waals surface area contributed by atoms with Gasteiger partial charge in [0.1, 0.15) is 0 Å². The van der Waals surface area contributed by atoms with Gasteiger partial charge in [0.05, 0.1) is 24.7 Å². The van der Waals surface area contributed by atoms with Gasteiger partial charge in [-0.3, -0.25) is 19.8 Å². The average Bonchev–Trinajstić information content (AvgIpc) is 2.47. The number of carbonyl (C=O) groups is 1. The van der Waals surface area contributed by atoms with E-state index in [1.165, 1.54) is 17.0 Å². The molecule has 0 bridgehead atoms. The molecule has 0 N–H and O–H groups in total. The van der Waals surface area contributed by atoms with Crippen LogP contribution in [-0.2, 0) is 9.53 Å². The van der Waals surface area contributed by atoms with Crippen LogP contribution in [0.15, 0.2) is 24.3 Å². The van der Waals surface area contributed by atoms with E-state index >= 15 is 0 Å². The predicted octanol–water partition coefficient (Wildman–Crippen LogP) is 0.890. The minimum atomic E-state index is -0.459. The van der Waals surface area contributed by atoms with Crippen LogP contribution >= 0.6 is 0 Å². The normalized spacial score (nSPS) is 15.8. The maximum Gasteiger partial charge on any atom is 0.269 e. The van der Waals surface area contributed by atoms with Crippen molar-refractivity contribution < 1.29 is 14.5 Å². The van der Waals surface area contributed by atoms with Gasteiger partial charge in [0.25, 0.3) is 5.69 Å². The quantitative estimate of drug-likeness (QED) is 0.604. The van der Waals surface area contributed by atoms with Gasteiger partial charge >= 0.3 is 0 Å². The molecule has 20 heavy (non-hydrogen) atoms. The highest BCUT2D eigenvalue weighted by Gasteiger charge is 2.18. The molecule has 7 nitrogen and oxygen atoms in total. The summed E-state index contributed by atoms with van der Waals surface area (Å²) < 4.78 is 5.23. The summed E-state index contributed by atoms with van der Waals surface area (Å²) in [4.78, 5) is 25.8. The maximum atomic E-state index is 12.1. The third-order valence-electron chi connectivity index (χ3n) is 3.28. The lowest BCUT2D eigenvalue weighted by Gasteiger charge is -2.28. The molecule has 108 valence electrons. The largest absolute Gasteiger partial charge is 0.379 e.